The Balaban J connectivity index is 1.09. The van der Waals surface area contributed by atoms with Crippen molar-refractivity contribution in [2.24, 2.45) is 0 Å². The molecule has 40 heavy (non-hydrogen) atoms. The molecule has 1 aromatic heterocycles. The summed E-state index contributed by atoms with van der Waals surface area (Å²) in [5.41, 5.74) is 0.399. The predicted octanol–water partition coefficient (Wildman–Crippen LogP) is -0.425. The molecule has 5 rings (SSSR count). The third-order valence-corrected chi connectivity index (χ3v) is 10.8. The van der Waals surface area contributed by atoms with Gasteiger partial charge in [0, 0.05) is 37.9 Å². The van der Waals surface area contributed by atoms with E-state index in [0.29, 0.717) is 49.4 Å². The average molecular weight is 596 g/mol. The molecular formula is C25H33N5O8S2. The van der Waals surface area contributed by atoms with Gasteiger partial charge in [-0.1, -0.05) is 6.07 Å². The molecule has 218 valence electrons. The Morgan fingerprint density at radius 1 is 1.23 bits per heavy atom. The summed E-state index contributed by atoms with van der Waals surface area (Å²) in [5.74, 6) is 0.0140. The van der Waals surface area contributed by atoms with Crippen LogP contribution in [0.2, 0.25) is 0 Å². The third kappa shape index (κ3) is 6.00. The molecule has 4 N–H and O–H groups in total. The summed E-state index contributed by atoms with van der Waals surface area (Å²) in [6, 6.07) is 7.42. The van der Waals surface area contributed by atoms with Crippen LogP contribution in [0.15, 0.2) is 46.3 Å². The molecule has 2 unspecified atom stereocenters. The molecule has 1 aromatic carbocycles. The number of nitrogens with one attached hydrogen (secondary N) is 3. The van der Waals surface area contributed by atoms with Gasteiger partial charge in [0.25, 0.3) is 5.91 Å². The smallest absolute Gasteiger partial charge is 0.253 e. The molecule has 3 aliphatic heterocycles. The summed E-state index contributed by atoms with van der Waals surface area (Å²) < 4.78 is 65.7. The van der Waals surface area contributed by atoms with Gasteiger partial charge in [0.1, 0.15) is 23.4 Å². The van der Waals surface area contributed by atoms with E-state index in [2.05, 4.69) is 20.3 Å². The van der Waals surface area contributed by atoms with Gasteiger partial charge in [-0.15, -0.1) is 0 Å². The van der Waals surface area contributed by atoms with Crippen LogP contribution in [-0.2, 0) is 31.3 Å². The second-order valence-electron chi connectivity index (χ2n) is 10.2. The number of hydrogen-bond acceptors (Lipinski definition) is 10. The van der Waals surface area contributed by atoms with Crippen LogP contribution in [0.5, 0.6) is 5.75 Å². The molecule has 0 bridgehead atoms. The van der Waals surface area contributed by atoms with Crippen molar-refractivity contribution in [3.63, 3.8) is 0 Å². The lowest BCUT2D eigenvalue weighted by molar-refractivity contribution is -0.0312. The van der Waals surface area contributed by atoms with Crippen LogP contribution in [-0.4, -0.2) is 94.8 Å². The molecule has 2 saturated heterocycles. The van der Waals surface area contributed by atoms with Crippen molar-refractivity contribution in [1.82, 2.24) is 24.6 Å². The molecule has 0 radical (unpaired) electrons. The fraction of sp³-hybridized carbons (Fsp3) is 0.520. The highest BCUT2D eigenvalue weighted by atomic mass is 32.2. The topological polar surface area (TPSA) is 176 Å². The average Bonchev–Trinajstić information content (AvgIpc) is 3.53. The van der Waals surface area contributed by atoms with E-state index < -0.39 is 31.8 Å². The van der Waals surface area contributed by atoms with Crippen molar-refractivity contribution in [2.75, 3.05) is 39.9 Å². The van der Waals surface area contributed by atoms with Gasteiger partial charge in [-0.3, -0.25) is 9.78 Å². The number of piperidine rings is 1. The second kappa shape index (κ2) is 11.3. The number of aliphatic hydroxyl groups excluding tert-OH is 1. The minimum atomic E-state index is -3.79. The van der Waals surface area contributed by atoms with Crippen LogP contribution in [0.25, 0.3) is 0 Å². The first-order chi connectivity index (χ1) is 19.0. The molecular weight excluding hydrogens is 562 g/mol. The molecule has 3 aliphatic rings. The first-order valence-electron chi connectivity index (χ1n) is 13.0. The van der Waals surface area contributed by atoms with E-state index in [9.17, 15) is 26.7 Å². The second-order valence-corrected chi connectivity index (χ2v) is 14.0. The number of carbonyl (C=O) groups excluding carboxylic acids is 1. The molecule has 2 fully saturated rings. The number of benzene rings is 1. The maximum Gasteiger partial charge on any atom is 0.253 e. The number of amides is 1. The Morgan fingerprint density at radius 2 is 2.00 bits per heavy atom. The number of carbonyl (C=O) groups is 1. The number of fused-ring (bicyclic) bond motifs is 1. The maximum atomic E-state index is 13.2. The van der Waals surface area contributed by atoms with Crippen molar-refractivity contribution < 1.29 is 36.2 Å². The molecule has 15 heteroatoms. The minimum Gasteiger partial charge on any atom is -0.491 e. The number of rotatable bonds is 10. The number of aromatic nitrogens is 1. The lowest BCUT2D eigenvalue weighted by Gasteiger charge is -2.38. The molecule has 2 atom stereocenters. The van der Waals surface area contributed by atoms with Gasteiger partial charge in [-0.05, 0) is 44.5 Å². The Labute approximate surface area is 233 Å². The molecule has 13 nitrogen and oxygen atoms in total. The van der Waals surface area contributed by atoms with Gasteiger partial charge in [-0.25, -0.2) is 21.6 Å². The molecule has 0 aliphatic carbocycles. The van der Waals surface area contributed by atoms with Crippen LogP contribution in [0.3, 0.4) is 0 Å². The third-order valence-electron chi connectivity index (χ3n) is 7.56. The first kappa shape index (κ1) is 28.9. The van der Waals surface area contributed by atoms with Gasteiger partial charge < -0.3 is 25.2 Å². The summed E-state index contributed by atoms with van der Waals surface area (Å²) in [5, 5.41) is 16.3. The van der Waals surface area contributed by atoms with Gasteiger partial charge >= 0.3 is 0 Å². The molecule has 4 heterocycles. The van der Waals surface area contributed by atoms with Crippen LogP contribution in [0.1, 0.15) is 35.3 Å². The van der Waals surface area contributed by atoms with Crippen molar-refractivity contribution >= 4 is 26.0 Å². The van der Waals surface area contributed by atoms with Crippen molar-refractivity contribution in [2.45, 2.75) is 53.3 Å². The van der Waals surface area contributed by atoms with E-state index >= 15 is 0 Å². The number of ether oxygens (including phenoxy) is 2. The highest BCUT2D eigenvalue weighted by Gasteiger charge is 2.45. The Bertz CT molecular complexity index is 1480. The summed E-state index contributed by atoms with van der Waals surface area (Å²) in [6.45, 7) is 1.54. The largest absolute Gasteiger partial charge is 0.491 e. The Morgan fingerprint density at radius 3 is 2.75 bits per heavy atom. The van der Waals surface area contributed by atoms with Gasteiger partial charge in [-0.2, -0.15) is 4.31 Å². The van der Waals surface area contributed by atoms with E-state index in [0.717, 1.165) is 0 Å². The molecule has 1 amide bonds. The lowest BCUT2D eigenvalue weighted by atomic mass is 9.88. The minimum absolute atomic E-state index is 0.0118. The number of hydrogen-bond donors (Lipinski definition) is 4. The van der Waals surface area contributed by atoms with Crippen molar-refractivity contribution in [3.05, 3.63) is 47.8 Å². The van der Waals surface area contributed by atoms with Crippen LogP contribution < -0.4 is 20.1 Å². The van der Waals surface area contributed by atoms with E-state index in [4.69, 9.17) is 9.47 Å². The van der Waals surface area contributed by atoms with Gasteiger partial charge in [0.2, 0.25) is 20.0 Å². The normalized spacial score (nSPS) is 21.8. The molecule has 2 aromatic rings. The number of nitrogens with zero attached hydrogens (tertiary/aromatic N) is 2. The fourth-order valence-electron chi connectivity index (χ4n) is 5.22. The summed E-state index contributed by atoms with van der Waals surface area (Å²) in [7, 11) is -6.06. The van der Waals surface area contributed by atoms with Crippen molar-refractivity contribution in [1.29, 1.82) is 0 Å². The lowest BCUT2D eigenvalue weighted by Crippen LogP contribution is -2.47. The summed E-state index contributed by atoms with van der Waals surface area (Å²) in [4.78, 5) is 16.2. The SMILES string of the molecule is CNS(=O)(=O)c1cccc(OCC(O)CNC2COC3(CCN(S(=O)(=O)c4cnc5c(c4)C(=O)NC5)CC3)C2)c1. The molecule has 1 spiro atoms. The first-order valence-corrected chi connectivity index (χ1v) is 15.9. The Kier molecular flexibility index (Phi) is 8.16. The van der Waals surface area contributed by atoms with E-state index in [1.54, 1.807) is 12.1 Å². The highest BCUT2D eigenvalue weighted by molar-refractivity contribution is 7.89. The van der Waals surface area contributed by atoms with Crippen LogP contribution >= 0.6 is 0 Å². The van der Waals surface area contributed by atoms with E-state index in [1.807, 2.05) is 0 Å². The highest BCUT2D eigenvalue weighted by Crippen LogP contribution is 2.37. The monoisotopic (exact) mass is 595 g/mol. The van der Waals surface area contributed by atoms with Gasteiger partial charge in [0.05, 0.1) is 34.9 Å². The van der Waals surface area contributed by atoms with Crippen LogP contribution in [0, 0.1) is 0 Å². The fourth-order valence-corrected chi connectivity index (χ4v) is 7.40. The zero-order valence-electron chi connectivity index (χ0n) is 22.0. The quantitative estimate of drug-likeness (QED) is 0.282. The number of sulfonamides is 2. The van der Waals surface area contributed by atoms with Gasteiger partial charge in [0.15, 0.2) is 0 Å². The predicted molar refractivity (Wildman–Crippen MR) is 143 cm³/mol. The van der Waals surface area contributed by atoms with Crippen molar-refractivity contribution in [3.8, 4) is 5.75 Å². The zero-order valence-corrected chi connectivity index (χ0v) is 23.6. The van der Waals surface area contributed by atoms with E-state index in [1.165, 1.54) is 35.7 Å². The standard InChI is InChI=1S/C25H33N5O8S2/c1-26-39(33,34)20-4-2-3-19(9-20)37-16-18(31)12-27-17-11-25(38-15-17)5-7-30(8-6-25)40(35,36)21-10-22-23(28-13-21)14-29-24(22)32/h2-4,9-10,13,17-18,26-27,31H,5-8,11-12,14-16H2,1H3,(H,29,32). The van der Waals surface area contributed by atoms with E-state index in [-0.39, 0.29) is 48.0 Å². The maximum absolute atomic E-state index is 13.2. The van der Waals surface area contributed by atoms with Crippen LogP contribution in [0.4, 0.5) is 0 Å². The molecule has 0 saturated carbocycles. The number of aliphatic hydroxyl groups is 1. The summed E-state index contributed by atoms with van der Waals surface area (Å²) in [6.07, 6.45) is 2.21. The Hall–Kier alpha value is -2.66. The zero-order chi connectivity index (χ0) is 28.5. The number of pyridine rings is 1. The summed E-state index contributed by atoms with van der Waals surface area (Å²) >= 11 is 0.